The van der Waals surface area contributed by atoms with Crippen molar-refractivity contribution in [2.24, 2.45) is 0 Å². The molecule has 0 fully saturated rings. The molecule has 0 spiro atoms. The summed E-state index contributed by atoms with van der Waals surface area (Å²) >= 11 is 3.30. The van der Waals surface area contributed by atoms with Gasteiger partial charge in [-0.3, -0.25) is 4.79 Å². The van der Waals surface area contributed by atoms with E-state index >= 15 is 0 Å². The summed E-state index contributed by atoms with van der Waals surface area (Å²) in [5, 5.41) is 0. The minimum absolute atomic E-state index is 0.0981. The highest BCUT2D eigenvalue weighted by atomic mass is 79.9. The maximum absolute atomic E-state index is 12.5. The lowest BCUT2D eigenvalue weighted by Crippen LogP contribution is -2.39. The normalized spacial score (nSPS) is 12.2. The molecule has 1 atom stereocenters. The van der Waals surface area contributed by atoms with E-state index in [4.69, 9.17) is 0 Å². The maximum Gasteiger partial charge on any atom is 0.254 e. The molecule has 0 N–H and O–H groups in total. The van der Waals surface area contributed by atoms with Gasteiger partial charge in [-0.25, -0.2) is 4.98 Å². The number of halogens is 1. The number of rotatable bonds is 6. The molecule has 100 valence electrons. The standard InChI is InChI=1S/C14H21BrN2O/c1-4-6-9-17(11(3)5-2)14(18)12-7-8-16-13(15)10-12/h7-8,10-11H,4-6,9H2,1-3H3. The third-order valence-corrected chi connectivity index (χ3v) is 3.54. The van der Waals surface area contributed by atoms with Crippen molar-refractivity contribution in [1.82, 2.24) is 9.88 Å². The molecule has 1 aromatic rings. The summed E-state index contributed by atoms with van der Waals surface area (Å²) in [5.41, 5.74) is 0.702. The van der Waals surface area contributed by atoms with Gasteiger partial charge < -0.3 is 4.90 Å². The van der Waals surface area contributed by atoms with Gasteiger partial charge >= 0.3 is 0 Å². The van der Waals surface area contributed by atoms with Crippen molar-refractivity contribution >= 4 is 21.8 Å². The molecule has 1 amide bonds. The molecular formula is C14H21BrN2O. The molecule has 1 heterocycles. The summed E-state index contributed by atoms with van der Waals surface area (Å²) < 4.78 is 0.702. The number of unbranched alkanes of at least 4 members (excludes halogenated alkanes) is 1. The number of carbonyl (C=O) groups is 1. The number of hydrogen-bond acceptors (Lipinski definition) is 2. The molecule has 0 aliphatic heterocycles. The lowest BCUT2D eigenvalue weighted by Gasteiger charge is -2.28. The zero-order valence-corrected chi connectivity index (χ0v) is 12.9. The maximum atomic E-state index is 12.5. The molecule has 3 nitrogen and oxygen atoms in total. The lowest BCUT2D eigenvalue weighted by atomic mass is 10.1. The summed E-state index contributed by atoms with van der Waals surface area (Å²) in [4.78, 5) is 18.5. The van der Waals surface area contributed by atoms with E-state index in [-0.39, 0.29) is 11.9 Å². The molecule has 0 aliphatic rings. The highest BCUT2D eigenvalue weighted by molar-refractivity contribution is 9.10. The molecular weight excluding hydrogens is 292 g/mol. The van der Waals surface area contributed by atoms with Crippen LogP contribution in [0.5, 0.6) is 0 Å². The Kier molecular flexibility index (Phi) is 6.33. The summed E-state index contributed by atoms with van der Waals surface area (Å²) in [6.45, 7) is 7.18. The Morgan fingerprint density at radius 1 is 1.50 bits per heavy atom. The number of carbonyl (C=O) groups excluding carboxylic acids is 1. The van der Waals surface area contributed by atoms with Gasteiger partial charge in [0.15, 0.2) is 0 Å². The van der Waals surface area contributed by atoms with E-state index in [9.17, 15) is 4.79 Å². The van der Waals surface area contributed by atoms with E-state index in [0.29, 0.717) is 10.2 Å². The van der Waals surface area contributed by atoms with Gasteiger partial charge in [0.25, 0.3) is 5.91 Å². The van der Waals surface area contributed by atoms with Crippen molar-refractivity contribution < 1.29 is 4.79 Å². The molecule has 0 saturated carbocycles. The quantitative estimate of drug-likeness (QED) is 0.747. The Balaban J connectivity index is 2.87. The molecule has 0 saturated heterocycles. The Bertz CT molecular complexity index is 395. The van der Waals surface area contributed by atoms with E-state index in [0.717, 1.165) is 25.8 Å². The fraction of sp³-hybridized carbons (Fsp3) is 0.571. The smallest absolute Gasteiger partial charge is 0.254 e. The van der Waals surface area contributed by atoms with Crippen molar-refractivity contribution in [1.29, 1.82) is 0 Å². The van der Waals surface area contributed by atoms with Crippen LogP contribution in [0.1, 0.15) is 50.4 Å². The average molecular weight is 313 g/mol. The molecule has 18 heavy (non-hydrogen) atoms. The largest absolute Gasteiger partial charge is 0.336 e. The molecule has 0 bridgehead atoms. The zero-order valence-electron chi connectivity index (χ0n) is 11.3. The third kappa shape index (κ3) is 4.09. The van der Waals surface area contributed by atoms with Crippen LogP contribution in [0.25, 0.3) is 0 Å². The minimum Gasteiger partial charge on any atom is -0.336 e. The molecule has 4 heteroatoms. The van der Waals surface area contributed by atoms with Gasteiger partial charge in [-0.05, 0) is 47.8 Å². The highest BCUT2D eigenvalue weighted by Crippen LogP contribution is 2.14. The van der Waals surface area contributed by atoms with Crippen LogP contribution >= 0.6 is 15.9 Å². The Hall–Kier alpha value is -0.900. The van der Waals surface area contributed by atoms with Gasteiger partial charge in [0, 0.05) is 24.3 Å². The first-order chi connectivity index (χ1) is 8.60. The second-order valence-corrected chi connectivity index (χ2v) is 5.29. The van der Waals surface area contributed by atoms with Crippen LogP contribution in [0.2, 0.25) is 0 Å². The van der Waals surface area contributed by atoms with E-state index in [1.807, 2.05) is 4.90 Å². The monoisotopic (exact) mass is 312 g/mol. The summed E-state index contributed by atoms with van der Waals surface area (Å²) in [7, 11) is 0. The molecule has 1 rings (SSSR count). The topological polar surface area (TPSA) is 33.2 Å². The minimum atomic E-state index is 0.0981. The second kappa shape index (κ2) is 7.52. The van der Waals surface area contributed by atoms with Gasteiger partial charge in [-0.1, -0.05) is 20.3 Å². The third-order valence-electron chi connectivity index (χ3n) is 3.11. The Labute approximate surface area is 118 Å². The number of pyridine rings is 1. The summed E-state index contributed by atoms with van der Waals surface area (Å²) in [6.07, 6.45) is 4.77. The van der Waals surface area contributed by atoms with Crippen LogP contribution < -0.4 is 0 Å². The molecule has 1 aromatic heterocycles. The van der Waals surface area contributed by atoms with Crippen molar-refractivity contribution in [2.75, 3.05) is 6.54 Å². The van der Waals surface area contributed by atoms with E-state index < -0.39 is 0 Å². The fourth-order valence-corrected chi connectivity index (χ4v) is 2.14. The second-order valence-electron chi connectivity index (χ2n) is 4.48. The first-order valence-corrected chi connectivity index (χ1v) is 7.32. The first kappa shape index (κ1) is 15.2. The first-order valence-electron chi connectivity index (χ1n) is 6.52. The van der Waals surface area contributed by atoms with Crippen molar-refractivity contribution in [3.63, 3.8) is 0 Å². The molecule has 0 aliphatic carbocycles. The summed E-state index contributed by atoms with van der Waals surface area (Å²) in [5.74, 6) is 0.0981. The fourth-order valence-electron chi connectivity index (χ4n) is 1.77. The SMILES string of the molecule is CCCCN(C(=O)c1ccnc(Br)c1)C(C)CC. The van der Waals surface area contributed by atoms with Crippen molar-refractivity contribution in [3.8, 4) is 0 Å². The van der Waals surface area contributed by atoms with Crippen molar-refractivity contribution in [2.45, 2.75) is 46.1 Å². The predicted octanol–water partition coefficient (Wildman–Crippen LogP) is 3.88. The van der Waals surface area contributed by atoms with Gasteiger partial charge in [-0.15, -0.1) is 0 Å². The van der Waals surface area contributed by atoms with E-state index in [1.54, 1.807) is 18.3 Å². The van der Waals surface area contributed by atoms with Crippen molar-refractivity contribution in [3.05, 3.63) is 28.5 Å². The Morgan fingerprint density at radius 3 is 2.78 bits per heavy atom. The zero-order chi connectivity index (χ0) is 13.5. The van der Waals surface area contributed by atoms with Gasteiger partial charge in [-0.2, -0.15) is 0 Å². The van der Waals surface area contributed by atoms with Crippen LogP contribution in [0.4, 0.5) is 0 Å². The van der Waals surface area contributed by atoms with Crippen LogP contribution in [0.3, 0.4) is 0 Å². The number of amides is 1. The number of nitrogens with zero attached hydrogens (tertiary/aromatic N) is 2. The molecule has 0 radical (unpaired) electrons. The van der Waals surface area contributed by atoms with Gasteiger partial charge in [0.05, 0.1) is 0 Å². The number of aromatic nitrogens is 1. The number of hydrogen-bond donors (Lipinski definition) is 0. The molecule has 1 unspecified atom stereocenters. The highest BCUT2D eigenvalue weighted by Gasteiger charge is 2.19. The van der Waals surface area contributed by atoms with Gasteiger partial charge in [0.1, 0.15) is 4.60 Å². The van der Waals surface area contributed by atoms with Crippen LogP contribution in [-0.2, 0) is 0 Å². The Morgan fingerprint density at radius 2 is 2.22 bits per heavy atom. The average Bonchev–Trinajstić information content (AvgIpc) is 2.38. The van der Waals surface area contributed by atoms with E-state index in [1.165, 1.54) is 0 Å². The van der Waals surface area contributed by atoms with Crippen LogP contribution in [-0.4, -0.2) is 28.4 Å². The van der Waals surface area contributed by atoms with Crippen LogP contribution in [0.15, 0.2) is 22.9 Å². The lowest BCUT2D eigenvalue weighted by molar-refractivity contribution is 0.0685. The predicted molar refractivity (Wildman–Crippen MR) is 77.6 cm³/mol. The summed E-state index contributed by atoms with van der Waals surface area (Å²) in [6, 6.07) is 3.83. The van der Waals surface area contributed by atoms with Crippen LogP contribution in [0, 0.1) is 0 Å². The van der Waals surface area contributed by atoms with E-state index in [2.05, 4.69) is 41.7 Å². The van der Waals surface area contributed by atoms with Gasteiger partial charge in [0.2, 0.25) is 0 Å². The molecule has 0 aromatic carbocycles.